The highest BCUT2D eigenvalue weighted by atomic mass is 16.5. The van der Waals surface area contributed by atoms with Crippen LogP contribution in [0.3, 0.4) is 0 Å². The van der Waals surface area contributed by atoms with E-state index in [0.29, 0.717) is 0 Å². The third-order valence-electron chi connectivity index (χ3n) is 2.18. The normalized spacial score (nSPS) is 12.1. The van der Waals surface area contributed by atoms with Gasteiger partial charge in [-0.05, 0) is 30.5 Å². The lowest BCUT2D eigenvalue weighted by Crippen LogP contribution is -2.09. The minimum Gasteiger partial charge on any atom is -0.494 e. The average molecular weight is 205 g/mol. The Balaban J connectivity index is 2.68. The standard InChI is InChI=1S/C13H19NO/c1-3-6-13(14)11-7-5-8-12(10-11)15-9-4-2/h3,5,7-8,10,13H,1,4,6,9,14H2,2H3. The fourth-order valence-electron chi connectivity index (χ4n) is 1.37. The molecule has 0 aliphatic heterocycles. The molecule has 0 spiro atoms. The van der Waals surface area contributed by atoms with Crippen LogP contribution in [0.15, 0.2) is 36.9 Å². The predicted octanol–water partition coefficient (Wildman–Crippen LogP) is 3.05. The summed E-state index contributed by atoms with van der Waals surface area (Å²) < 4.78 is 5.54. The molecule has 82 valence electrons. The Morgan fingerprint density at radius 1 is 1.53 bits per heavy atom. The van der Waals surface area contributed by atoms with Gasteiger partial charge in [0.2, 0.25) is 0 Å². The molecule has 1 atom stereocenters. The number of hydrogen-bond acceptors (Lipinski definition) is 2. The van der Waals surface area contributed by atoms with Crippen LogP contribution < -0.4 is 10.5 Å². The summed E-state index contributed by atoms with van der Waals surface area (Å²) in [6.07, 6.45) is 3.64. The zero-order valence-corrected chi connectivity index (χ0v) is 9.28. The van der Waals surface area contributed by atoms with Crippen molar-refractivity contribution in [3.05, 3.63) is 42.5 Å². The molecule has 1 aromatic carbocycles. The van der Waals surface area contributed by atoms with Gasteiger partial charge in [0, 0.05) is 6.04 Å². The number of ether oxygens (including phenoxy) is 1. The molecule has 0 heterocycles. The van der Waals surface area contributed by atoms with Crippen LogP contribution in [0, 0.1) is 0 Å². The molecule has 0 radical (unpaired) electrons. The average Bonchev–Trinajstić information content (AvgIpc) is 2.27. The summed E-state index contributed by atoms with van der Waals surface area (Å²) in [6.45, 7) is 6.53. The molecule has 0 amide bonds. The first-order chi connectivity index (χ1) is 7.27. The fraction of sp³-hybridized carbons (Fsp3) is 0.385. The van der Waals surface area contributed by atoms with E-state index < -0.39 is 0 Å². The van der Waals surface area contributed by atoms with Gasteiger partial charge in [0.05, 0.1) is 6.61 Å². The van der Waals surface area contributed by atoms with Crippen molar-refractivity contribution in [2.45, 2.75) is 25.8 Å². The lowest BCUT2D eigenvalue weighted by molar-refractivity contribution is 0.317. The van der Waals surface area contributed by atoms with Gasteiger partial charge in [-0.25, -0.2) is 0 Å². The maximum Gasteiger partial charge on any atom is 0.119 e. The first-order valence-electron chi connectivity index (χ1n) is 5.37. The Kier molecular flexibility index (Phi) is 4.91. The fourth-order valence-corrected chi connectivity index (χ4v) is 1.37. The smallest absolute Gasteiger partial charge is 0.119 e. The van der Waals surface area contributed by atoms with Gasteiger partial charge in [0.1, 0.15) is 5.75 Å². The van der Waals surface area contributed by atoms with Crippen LogP contribution in [0.2, 0.25) is 0 Å². The number of nitrogens with two attached hydrogens (primary N) is 1. The second kappa shape index (κ2) is 6.25. The van der Waals surface area contributed by atoms with Gasteiger partial charge in [-0.2, -0.15) is 0 Å². The van der Waals surface area contributed by atoms with E-state index in [1.807, 2.05) is 30.3 Å². The van der Waals surface area contributed by atoms with Crippen molar-refractivity contribution in [2.75, 3.05) is 6.61 Å². The quantitative estimate of drug-likeness (QED) is 0.724. The predicted molar refractivity (Wildman–Crippen MR) is 64.0 cm³/mol. The van der Waals surface area contributed by atoms with E-state index in [1.54, 1.807) is 0 Å². The van der Waals surface area contributed by atoms with Gasteiger partial charge in [-0.3, -0.25) is 0 Å². The molecule has 0 saturated carbocycles. The monoisotopic (exact) mass is 205 g/mol. The molecular formula is C13H19NO. The van der Waals surface area contributed by atoms with Gasteiger partial charge in [0.25, 0.3) is 0 Å². The summed E-state index contributed by atoms with van der Waals surface area (Å²) in [4.78, 5) is 0. The van der Waals surface area contributed by atoms with Crippen molar-refractivity contribution in [2.24, 2.45) is 5.73 Å². The van der Waals surface area contributed by atoms with Crippen LogP contribution in [0.5, 0.6) is 5.75 Å². The van der Waals surface area contributed by atoms with Crippen molar-refractivity contribution in [3.63, 3.8) is 0 Å². The van der Waals surface area contributed by atoms with Crippen molar-refractivity contribution in [1.82, 2.24) is 0 Å². The SMILES string of the molecule is C=CCC(N)c1cccc(OCCC)c1. The van der Waals surface area contributed by atoms with Gasteiger partial charge >= 0.3 is 0 Å². The van der Waals surface area contributed by atoms with E-state index in [1.165, 1.54) is 0 Å². The van der Waals surface area contributed by atoms with Gasteiger partial charge in [-0.15, -0.1) is 6.58 Å². The van der Waals surface area contributed by atoms with Gasteiger partial charge in [-0.1, -0.05) is 25.1 Å². The molecule has 0 saturated heterocycles. The highest BCUT2D eigenvalue weighted by molar-refractivity contribution is 5.30. The zero-order valence-electron chi connectivity index (χ0n) is 9.28. The van der Waals surface area contributed by atoms with Crippen molar-refractivity contribution in [3.8, 4) is 5.75 Å². The second-order valence-electron chi connectivity index (χ2n) is 3.55. The number of benzene rings is 1. The van der Waals surface area contributed by atoms with Gasteiger partial charge in [0.15, 0.2) is 0 Å². The highest BCUT2D eigenvalue weighted by Gasteiger charge is 2.04. The molecule has 0 aliphatic rings. The Bertz CT molecular complexity index is 309. The molecule has 1 unspecified atom stereocenters. The minimum atomic E-state index is 0.0210. The molecule has 15 heavy (non-hydrogen) atoms. The van der Waals surface area contributed by atoms with Crippen LogP contribution in [0.4, 0.5) is 0 Å². The number of rotatable bonds is 6. The molecule has 0 fully saturated rings. The van der Waals surface area contributed by atoms with Crippen LogP contribution in [0.25, 0.3) is 0 Å². The summed E-state index contributed by atoms with van der Waals surface area (Å²) in [7, 11) is 0. The second-order valence-corrected chi connectivity index (χ2v) is 3.55. The highest BCUT2D eigenvalue weighted by Crippen LogP contribution is 2.20. The van der Waals surface area contributed by atoms with E-state index in [0.717, 1.165) is 30.8 Å². The first kappa shape index (κ1) is 11.8. The third-order valence-corrected chi connectivity index (χ3v) is 2.18. The lowest BCUT2D eigenvalue weighted by Gasteiger charge is -2.11. The molecule has 2 heteroatoms. The van der Waals surface area contributed by atoms with Gasteiger partial charge < -0.3 is 10.5 Å². The van der Waals surface area contributed by atoms with Crippen LogP contribution in [0.1, 0.15) is 31.4 Å². The summed E-state index contributed by atoms with van der Waals surface area (Å²) in [6, 6.07) is 7.98. The molecule has 0 aromatic heterocycles. The Labute approximate surface area is 91.7 Å². The van der Waals surface area contributed by atoms with E-state index in [4.69, 9.17) is 10.5 Å². The van der Waals surface area contributed by atoms with Crippen molar-refractivity contribution in [1.29, 1.82) is 0 Å². The lowest BCUT2D eigenvalue weighted by atomic mass is 10.0. The van der Waals surface area contributed by atoms with E-state index in [-0.39, 0.29) is 6.04 Å². The third kappa shape index (κ3) is 3.76. The van der Waals surface area contributed by atoms with Crippen LogP contribution in [-0.2, 0) is 0 Å². The van der Waals surface area contributed by atoms with E-state index in [9.17, 15) is 0 Å². The maximum atomic E-state index is 5.98. The topological polar surface area (TPSA) is 35.2 Å². The summed E-state index contributed by atoms with van der Waals surface area (Å²) in [5.41, 5.74) is 7.08. The molecule has 1 rings (SSSR count). The molecule has 0 bridgehead atoms. The van der Waals surface area contributed by atoms with Crippen LogP contribution in [-0.4, -0.2) is 6.61 Å². The minimum absolute atomic E-state index is 0.0210. The molecule has 1 aromatic rings. The largest absolute Gasteiger partial charge is 0.494 e. The summed E-state index contributed by atoms with van der Waals surface area (Å²) >= 11 is 0. The Morgan fingerprint density at radius 3 is 3.00 bits per heavy atom. The summed E-state index contributed by atoms with van der Waals surface area (Å²) in [5.74, 6) is 0.897. The molecule has 0 aliphatic carbocycles. The zero-order chi connectivity index (χ0) is 11.1. The van der Waals surface area contributed by atoms with Crippen molar-refractivity contribution >= 4 is 0 Å². The molecule has 2 nitrogen and oxygen atoms in total. The molecule has 2 N–H and O–H groups in total. The number of hydrogen-bond donors (Lipinski definition) is 1. The maximum absolute atomic E-state index is 5.98. The Morgan fingerprint density at radius 2 is 2.33 bits per heavy atom. The molecular weight excluding hydrogens is 186 g/mol. The van der Waals surface area contributed by atoms with Crippen molar-refractivity contribution < 1.29 is 4.74 Å². The first-order valence-corrected chi connectivity index (χ1v) is 5.37. The summed E-state index contributed by atoms with van der Waals surface area (Å²) in [5, 5.41) is 0. The van der Waals surface area contributed by atoms with E-state index in [2.05, 4.69) is 13.5 Å². The van der Waals surface area contributed by atoms with Crippen LogP contribution >= 0.6 is 0 Å². The Hall–Kier alpha value is -1.28. The van der Waals surface area contributed by atoms with E-state index >= 15 is 0 Å².